The van der Waals surface area contributed by atoms with Crippen molar-refractivity contribution in [1.82, 2.24) is 0 Å². The summed E-state index contributed by atoms with van der Waals surface area (Å²) in [6, 6.07) is 5.79. The molecule has 0 radical (unpaired) electrons. The van der Waals surface area contributed by atoms with Crippen LogP contribution < -0.4 is 10.4 Å². The molecule has 0 saturated heterocycles. The predicted octanol–water partition coefficient (Wildman–Crippen LogP) is 1.82. The van der Waals surface area contributed by atoms with Gasteiger partial charge in [0.1, 0.15) is 12.2 Å². The first kappa shape index (κ1) is 13.2. The van der Waals surface area contributed by atoms with Crippen molar-refractivity contribution in [2.45, 2.75) is 6.92 Å². The Kier molecular flexibility index (Phi) is 3.87. The zero-order chi connectivity index (χ0) is 13.8. The lowest BCUT2D eigenvalue weighted by Crippen LogP contribution is -1.98. The van der Waals surface area contributed by atoms with Gasteiger partial charge in [0, 0.05) is 17.5 Å². The summed E-state index contributed by atoms with van der Waals surface area (Å²) in [5, 5.41) is 19.2. The van der Waals surface area contributed by atoms with E-state index in [0.29, 0.717) is 11.0 Å². The van der Waals surface area contributed by atoms with Crippen molar-refractivity contribution in [1.29, 1.82) is 0 Å². The van der Waals surface area contributed by atoms with E-state index in [1.54, 1.807) is 19.1 Å². The van der Waals surface area contributed by atoms with Gasteiger partial charge in [-0.05, 0) is 30.7 Å². The van der Waals surface area contributed by atoms with Gasteiger partial charge >= 0.3 is 5.63 Å². The van der Waals surface area contributed by atoms with Crippen LogP contribution in [0.2, 0.25) is 0 Å². The van der Waals surface area contributed by atoms with Crippen LogP contribution in [0, 0.1) is 0 Å². The zero-order valence-electron chi connectivity index (χ0n) is 10.4. The molecule has 0 saturated carbocycles. The van der Waals surface area contributed by atoms with Crippen molar-refractivity contribution in [2.24, 2.45) is 0 Å². The van der Waals surface area contributed by atoms with Gasteiger partial charge in [-0.2, -0.15) is 0 Å². The van der Waals surface area contributed by atoms with Crippen LogP contribution in [0.5, 0.6) is 11.5 Å². The average Bonchev–Trinajstić information content (AvgIpc) is 2.39. The highest BCUT2D eigenvalue weighted by atomic mass is 16.5. The second-order valence-corrected chi connectivity index (χ2v) is 4.13. The van der Waals surface area contributed by atoms with E-state index < -0.39 is 5.63 Å². The summed E-state index contributed by atoms with van der Waals surface area (Å²) in [7, 11) is 0. The van der Waals surface area contributed by atoms with Gasteiger partial charge in [0.25, 0.3) is 0 Å². The molecule has 1 aromatic heterocycles. The summed E-state index contributed by atoms with van der Waals surface area (Å²) in [6.07, 6.45) is 1.70. The van der Waals surface area contributed by atoms with Crippen molar-refractivity contribution in [3.8, 4) is 11.5 Å². The first-order valence-electron chi connectivity index (χ1n) is 5.76. The van der Waals surface area contributed by atoms with Gasteiger partial charge in [-0.25, -0.2) is 4.79 Å². The standard InChI is InChI=1S/C14H14O5/c1-9(8-15)4-5-18-13-7-12-10(6-11(13)16)2-3-14(17)19-12/h2-4,6-7,15-16H,5,8H2,1H3. The first-order chi connectivity index (χ1) is 9.10. The van der Waals surface area contributed by atoms with Crippen LogP contribution in [-0.2, 0) is 0 Å². The minimum absolute atomic E-state index is 0.0311. The highest BCUT2D eigenvalue weighted by molar-refractivity contribution is 5.80. The van der Waals surface area contributed by atoms with E-state index in [9.17, 15) is 9.90 Å². The number of benzene rings is 1. The molecular formula is C14H14O5. The number of phenols is 1. The summed E-state index contributed by atoms with van der Waals surface area (Å²) in [6.45, 7) is 1.94. The van der Waals surface area contributed by atoms with Gasteiger partial charge in [0.2, 0.25) is 0 Å². The van der Waals surface area contributed by atoms with Gasteiger partial charge in [-0.3, -0.25) is 0 Å². The van der Waals surface area contributed by atoms with E-state index in [1.165, 1.54) is 18.2 Å². The molecule has 2 rings (SSSR count). The molecule has 0 atom stereocenters. The maximum Gasteiger partial charge on any atom is 0.336 e. The highest BCUT2D eigenvalue weighted by Gasteiger charge is 2.06. The van der Waals surface area contributed by atoms with Crippen molar-refractivity contribution < 1.29 is 19.4 Å². The molecule has 2 aromatic rings. The number of aliphatic hydroxyl groups excluding tert-OH is 1. The molecule has 0 aliphatic rings. The van der Waals surface area contributed by atoms with Crippen LogP contribution in [0.1, 0.15) is 6.92 Å². The normalized spacial score (nSPS) is 11.8. The van der Waals surface area contributed by atoms with Crippen LogP contribution in [-0.4, -0.2) is 23.4 Å². The second-order valence-electron chi connectivity index (χ2n) is 4.13. The Balaban J connectivity index is 2.28. The molecule has 0 fully saturated rings. The molecule has 5 nitrogen and oxygen atoms in total. The molecule has 19 heavy (non-hydrogen) atoms. The monoisotopic (exact) mass is 262 g/mol. The van der Waals surface area contributed by atoms with Crippen LogP contribution in [0.15, 0.2) is 45.1 Å². The topological polar surface area (TPSA) is 79.9 Å². The lowest BCUT2D eigenvalue weighted by Gasteiger charge is -2.07. The third kappa shape index (κ3) is 3.14. The molecule has 0 aliphatic heterocycles. The van der Waals surface area contributed by atoms with E-state index >= 15 is 0 Å². The fraction of sp³-hybridized carbons (Fsp3) is 0.214. The van der Waals surface area contributed by atoms with Crippen LogP contribution in [0.4, 0.5) is 0 Å². The molecule has 0 amide bonds. The Morgan fingerprint density at radius 3 is 2.95 bits per heavy atom. The van der Waals surface area contributed by atoms with E-state index in [1.807, 2.05) is 0 Å². The number of hydrogen-bond donors (Lipinski definition) is 2. The number of aliphatic hydroxyl groups is 1. The summed E-state index contributed by atoms with van der Waals surface area (Å²) < 4.78 is 10.4. The smallest absolute Gasteiger partial charge is 0.336 e. The van der Waals surface area contributed by atoms with Crippen LogP contribution >= 0.6 is 0 Å². The molecule has 0 unspecified atom stereocenters. The maximum absolute atomic E-state index is 11.1. The first-order valence-corrected chi connectivity index (χ1v) is 5.76. The predicted molar refractivity (Wildman–Crippen MR) is 70.5 cm³/mol. The van der Waals surface area contributed by atoms with Crippen LogP contribution in [0.25, 0.3) is 11.0 Å². The Morgan fingerprint density at radius 2 is 2.21 bits per heavy atom. The number of aromatic hydroxyl groups is 1. The largest absolute Gasteiger partial charge is 0.504 e. The molecule has 0 bridgehead atoms. The molecule has 5 heteroatoms. The van der Waals surface area contributed by atoms with Gasteiger partial charge in [-0.15, -0.1) is 0 Å². The van der Waals surface area contributed by atoms with Crippen molar-refractivity contribution in [3.63, 3.8) is 0 Å². The molecule has 0 spiro atoms. The Hall–Kier alpha value is -2.27. The van der Waals surface area contributed by atoms with Gasteiger partial charge in [0.05, 0.1) is 6.61 Å². The SMILES string of the molecule is CC(=CCOc1cc2oc(=O)ccc2cc1O)CO. The third-order valence-corrected chi connectivity index (χ3v) is 2.62. The van der Waals surface area contributed by atoms with Gasteiger partial charge in [0.15, 0.2) is 11.5 Å². The van der Waals surface area contributed by atoms with E-state index in [-0.39, 0.29) is 24.7 Å². The summed E-state index contributed by atoms with van der Waals surface area (Å²) in [4.78, 5) is 11.1. The number of ether oxygens (including phenoxy) is 1. The molecule has 2 N–H and O–H groups in total. The van der Waals surface area contributed by atoms with E-state index in [4.69, 9.17) is 14.3 Å². The van der Waals surface area contributed by atoms with E-state index in [0.717, 1.165) is 5.57 Å². The summed E-state index contributed by atoms with van der Waals surface area (Å²) in [5.74, 6) is 0.195. The number of hydrogen-bond acceptors (Lipinski definition) is 5. The molecule has 1 aromatic carbocycles. The zero-order valence-corrected chi connectivity index (χ0v) is 10.4. The number of fused-ring (bicyclic) bond motifs is 1. The average molecular weight is 262 g/mol. The second kappa shape index (κ2) is 5.58. The molecule has 1 heterocycles. The Labute approximate surface area is 109 Å². The fourth-order valence-electron chi connectivity index (χ4n) is 1.54. The molecule has 100 valence electrons. The molecular weight excluding hydrogens is 248 g/mol. The van der Waals surface area contributed by atoms with E-state index in [2.05, 4.69) is 0 Å². The minimum atomic E-state index is -0.458. The minimum Gasteiger partial charge on any atom is -0.504 e. The summed E-state index contributed by atoms with van der Waals surface area (Å²) >= 11 is 0. The van der Waals surface area contributed by atoms with Crippen LogP contribution in [0.3, 0.4) is 0 Å². The number of phenolic OH excluding ortho intramolecular Hbond substituents is 1. The lowest BCUT2D eigenvalue weighted by atomic mass is 10.2. The Morgan fingerprint density at radius 1 is 1.42 bits per heavy atom. The van der Waals surface area contributed by atoms with Crippen molar-refractivity contribution in [2.75, 3.05) is 13.2 Å². The van der Waals surface area contributed by atoms with Crippen molar-refractivity contribution in [3.05, 3.63) is 46.3 Å². The highest BCUT2D eigenvalue weighted by Crippen LogP contribution is 2.30. The van der Waals surface area contributed by atoms with Gasteiger partial charge in [-0.1, -0.05) is 0 Å². The lowest BCUT2D eigenvalue weighted by molar-refractivity contribution is 0.319. The molecule has 0 aliphatic carbocycles. The number of rotatable bonds is 4. The quantitative estimate of drug-likeness (QED) is 0.649. The van der Waals surface area contributed by atoms with Crippen molar-refractivity contribution >= 4 is 11.0 Å². The third-order valence-electron chi connectivity index (χ3n) is 2.62. The summed E-state index contributed by atoms with van der Waals surface area (Å²) in [5.41, 5.74) is 0.662. The van der Waals surface area contributed by atoms with Gasteiger partial charge < -0.3 is 19.4 Å². The fourth-order valence-corrected chi connectivity index (χ4v) is 1.54. The Bertz CT molecular complexity index is 669. The maximum atomic E-state index is 11.1.